The first-order chi connectivity index (χ1) is 12.2. The first kappa shape index (κ1) is 17.4. The van der Waals surface area contributed by atoms with E-state index in [2.05, 4.69) is 16.4 Å². The Morgan fingerprint density at radius 1 is 1.44 bits per heavy atom. The molecule has 2 aromatic heterocycles. The second kappa shape index (κ2) is 8.13. The standard InChI is InChI=1S/C19H20N4OS/c1-2-17(18(24)22-15-7-5-9-21-12-15)25-19-14(11-20)10-13-6-3-4-8-16(13)23-19/h5,7,9-10,12,17H,2-4,6,8H2,1H3,(H,22,24). The van der Waals surface area contributed by atoms with E-state index in [0.29, 0.717) is 22.7 Å². The van der Waals surface area contributed by atoms with Crippen LogP contribution in [0.15, 0.2) is 35.6 Å². The van der Waals surface area contributed by atoms with E-state index in [1.165, 1.54) is 17.3 Å². The third kappa shape index (κ3) is 4.18. The van der Waals surface area contributed by atoms with Gasteiger partial charge in [-0.3, -0.25) is 9.78 Å². The minimum absolute atomic E-state index is 0.0936. The van der Waals surface area contributed by atoms with Crippen molar-refractivity contribution < 1.29 is 4.79 Å². The van der Waals surface area contributed by atoms with Crippen LogP contribution in [0, 0.1) is 11.3 Å². The van der Waals surface area contributed by atoms with Crippen LogP contribution in [-0.4, -0.2) is 21.1 Å². The minimum Gasteiger partial charge on any atom is -0.324 e. The van der Waals surface area contributed by atoms with Crippen molar-refractivity contribution in [3.8, 4) is 6.07 Å². The summed E-state index contributed by atoms with van der Waals surface area (Å²) in [6.45, 7) is 1.96. The van der Waals surface area contributed by atoms with Crippen LogP contribution in [0.3, 0.4) is 0 Å². The molecule has 0 fully saturated rings. The zero-order valence-corrected chi connectivity index (χ0v) is 15.0. The van der Waals surface area contributed by atoms with Crippen molar-refractivity contribution in [2.45, 2.75) is 49.3 Å². The van der Waals surface area contributed by atoms with Crippen LogP contribution in [-0.2, 0) is 17.6 Å². The van der Waals surface area contributed by atoms with Gasteiger partial charge in [-0.15, -0.1) is 0 Å². The molecular weight excluding hydrogens is 332 g/mol. The van der Waals surface area contributed by atoms with E-state index in [-0.39, 0.29) is 11.2 Å². The summed E-state index contributed by atoms with van der Waals surface area (Å²) in [6, 6.07) is 7.78. The maximum absolute atomic E-state index is 12.6. The van der Waals surface area contributed by atoms with E-state index in [9.17, 15) is 10.1 Å². The van der Waals surface area contributed by atoms with Crippen LogP contribution < -0.4 is 5.32 Å². The van der Waals surface area contributed by atoms with Crippen LogP contribution in [0.2, 0.25) is 0 Å². The van der Waals surface area contributed by atoms with E-state index >= 15 is 0 Å². The van der Waals surface area contributed by atoms with Gasteiger partial charge >= 0.3 is 0 Å². The average Bonchev–Trinajstić information content (AvgIpc) is 2.66. The van der Waals surface area contributed by atoms with Gasteiger partial charge in [0.05, 0.1) is 22.7 Å². The highest BCUT2D eigenvalue weighted by Gasteiger charge is 2.22. The van der Waals surface area contributed by atoms with Crippen molar-refractivity contribution in [2.24, 2.45) is 0 Å². The van der Waals surface area contributed by atoms with Crippen LogP contribution >= 0.6 is 11.8 Å². The van der Waals surface area contributed by atoms with Crippen LogP contribution in [0.4, 0.5) is 5.69 Å². The summed E-state index contributed by atoms with van der Waals surface area (Å²) in [5, 5.41) is 12.7. The number of carbonyl (C=O) groups excluding carboxylic acids is 1. The highest BCUT2D eigenvalue weighted by molar-refractivity contribution is 8.00. The number of pyridine rings is 2. The van der Waals surface area contributed by atoms with Crippen molar-refractivity contribution in [3.63, 3.8) is 0 Å². The molecule has 2 heterocycles. The number of hydrogen-bond donors (Lipinski definition) is 1. The van der Waals surface area contributed by atoms with Crippen molar-refractivity contribution in [3.05, 3.63) is 47.4 Å². The predicted octanol–water partition coefficient (Wildman–Crippen LogP) is 3.74. The molecule has 1 amide bonds. The Balaban J connectivity index is 1.79. The number of nitrogens with zero attached hydrogens (tertiary/aromatic N) is 3. The van der Waals surface area contributed by atoms with Crippen molar-refractivity contribution in [1.82, 2.24) is 9.97 Å². The normalized spacial score (nSPS) is 14.2. The van der Waals surface area contributed by atoms with Crippen LogP contribution in [0.1, 0.15) is 43.0 Å². The molecule has 5 nitrogen and oxygen atoms in total. The molecule has 6 heteroatoms. The molecule has 1 atom stereocenters. The fourth-order valence-corrected chi connectivity index (χ4v) is 3.90. The fraction of sp³-hybridized carbons (Fsp3) is 0.368. The Labute approximate surface area is 151 Å². The number of carbonyl (C=O) groups is 1. The average molecular weight is 352 g/mol. The van der Waals surface area contributed by atoms with Gasteiger partial charge in [0.25, 0.3) is 0 Å². The lowest BCUT2D eigenvalue weighted by Gasteiger charge is -2.19. The molecule has 0 aliphatic heterocycles. The van der Waals surface area contributed by atoms with Gasteiger partial charge in [0, 0.05) is 11.9 Å². The third-order valence-electron chi connectivity index (χ3n) is 4.23. The number of amides is 1. The van der Waals surface area contributed by atoms with Gasteiger partial charge in [0.2, 0.25) is 5.91 Å². The van der Waals surface area contributed by atoms with Crippen molar-refractivity contribution in [1.29, 1.82) is 5.26 Å². The molecule has 1 unspecified atom stereocenters. The maximum Gasteiger partial charge on any atom is 0.237 e. The predicted molar refractivity (Wildman–Crippen MR) is 98.4 cm³/mol. The lowest BCUT2D eigenvalue weighted by Crippen LogP contribution is -2.25. The zero-order chi connectivity index (χ0) is 17.6. The van der Waals surface area contributed by atoms with Crippen molar-refractivity contribution >= 4 is 23.4 Å². The smallest absolute Gasteiger partial charge is 0.237 e. The van der Waals surface area contributed by atoms with Crippen molar-refractivity contribution in [2.75, 3.05) is 5.32 Å². The molecule has 1 N–H and O–H groups in total. The lowest BCUT2D eigenvalue weighted by molar-refractivity contribution is -0.115. The molecule has 1 aliphatic rings. The monoisotopic (exact) mass is 352 g/mol. The Bertz CT molecular complexity index is 801. The minimum atomic E-state index is -0.304. The van der Waals surface area contributed by atoms with Gasteiger partial charge in [-0.05, 0) is 55.9 Å². The van der Waals surface area contributed by atoms with E-state index in [1.54, 1.807) is 24.5 Å². The Morgan fingerprint density at radius 2 is 2.28 bits per heavy atom. The fourth-order valence-electron chi connectivity index (χ4n) is 2.90. The number of anilines is 1. The lowest BCUT2D eigenvalue weighted by atomic mass is 9.95. The largest absolute Gasteiger partial charge is 0.324 e. The quantitative estimate of drug-likeness (QED) is 0.829. The molecule has 2 aromatic rings. The number of aromatic nitrogens is 2. The Morgan fingerprint density at radius 3 is 3.00 bits per heavy atom. The van der Waals surface area contributed by atoms with Gasteiger partial charge in [-0.2, -0.15) is 5.26 Å². The van der Waals surface area contributed by atoms with E-state index in [0.717, 1.165) is 31.4 Å². The number of fused-ring (bicyclic) bond motifs is 1. The van der Waals surface area contributed by atoms with Crippen LogP contribution in [0.5, 0.6) is 0 Å². The maximum atomic E-state index is 12.6. The summed E-state index contributed by atoms with van der Waals surface area (Å²) in [6.07, 6.45) is 8.16. The van der Waals surface area contributed by atoms with E-state index in [1.807, 2.05) is 13.0 Å². The number of nitrogens with one attached hydrogen (secondary N) is 1. The van der Waals surface area contributed by atoms with E-state index in [4.69, 9.17) is 4.98 Å². The molecule has 128 valence electrons. The van der Waals surface area contributed by atoms with Gasteiger partial charge in [-0.25, -0.2) is 4.98 Å². The number of aryl methyl sites for hydroxylation is 2. The summed E-state index contributed by atoms with van der Waals surface area (Å²) in [7, 11) is 0. The molecule has 0 spiro atoms. The molecular formula is C19H20N4OS. The number of hydrogen-bond acceptors (Lipinski definition) is 5. The third-order valence-corrected chi connectivity index (χ3v) is 5.60. The molecule has 3 rings (SSSR count). The molecule has 0 saturated carbocycles. The SMILES string of the molecule is CCC(Sc1nc2c(cc1C#N)CCCC2)C(=O)Nc1cccnc1. The second-order valence-electron chi connectivity index (χ2n) is 6.01. The first-order valence-corrected chi connectivity index (χ1v) is 9.39. The topological polar surface area (TPSA) is 78.7 Å². The highest BCUT2D eigenvalue weighted by atomic mass is 32.2. The number of thioether (sulfide) groups is 1. The molecule has 0 aromatic carbocycles. The number of rotatable bonds is 5. The van der Waals surface area contributed by atoms with Gasteiger partial charge < -0.3 is 5.32 Å². The molecule has 25 heavy (non-hydrogen) atoms. The summed E-state index contributed by atoms with van der Waals surface area (Å²) in [4.78, 5) is 21.3. The molecule has 0 bridgehead atoms. The summed E-state index contributed by atoms with van der Waals surface area (Å²) >= 11 is 1.37. The van der Waals surface area contributed by atoms with Gasteiger partial charge in [-0.1, -0.05) is 18.7 Å². The summed E-state index contributed by atoms with van der Waals surface area (Å²) in [5.41, 5.74) is 3.50. The first-order valence-electron chi connectivity index (χ1n) is 8.51. The highest BCUT2D eigenvalue weighted by Crippen LogP contribution is 2.31. The second-order valence-corrected chi connectivity index (χ2v) is 7.20. The molecule has 1 aliphatic carbocycles. The Kier molecular flexibility index (Phi) is 5.67. The summed E-state index contributed by atoms with van der Waals surface area (Å²) < 4.78 is 0. The molecule has 0 saturated heterocycles. The zero-order valence-electron chi connectivity index (χ0n) is 14.2. The van der Waals surface area contributed by atoms with Gasteiger partial charge in [0.15, 0.2) is 0 Å². The number of nitriles is 1. The van der Waals surface area contributed by atoms with E-state index < -0.39 is 0 Å². The van der Waals surface area contributed by atoms with Crippen LogP contribution in [0.25, 0.3) is 0 Å². The van der Waals surface area contributed by atoms with Gasteiger partial charge in [0.1, 0.15) is 11.1 Å². The molecule has 0 radical (unpaired) electrons. The Hall–Kier alpha value is -2.39. The summed E-state index contributed by atoms with van der Waals surface area (Å²) in [5.74, 6) is -0.0936.